The van der Waals surface area contributed by atoms with Crippen LogP contribution in [0.2, 0.25) is 15.1 Å². The molecule has 2 aromatic carbocycles. The number of nitrogens with zero attached hydrogens (tertiary/aromatic N) is 1. The Bertz CT molecular complexity index is 959. The lowest BCUT2D eigenvalue weighted by Crippen LogP contribution is -2.13. The van der Waals surface area contributed by atoms with Crippen LogP contribution in [0.1, 0.15) is 21.8 Å². The zero-order chi connectivity index (χ0) is 18.7. The average Bonchev–Trinajstić information content (AvgIpc) is 3.03. The highest BCUT2D eigenvalue weighted by molar-refractivity contribution is 7.98. The van der Waals surface area contributed by atoms with E-state index in [1.165, 1.54) is 23.9 Å². The summed E-state index contributed by atoms with van der Waals surface area (Å²) in [5.74, 6) is 1.02. The summed E-state index contributed by atoms with van der Waals surface area (Å²) in [5.41, 5.74) is 1.74. The number of benzene rings is 2. The Morgan fingerprint density at radius 1 is 1.12 bits per heavy atom. The van der Waals surface area contributed by atoms with Crippen molar-refractivity contribution in [2.45, 2.75) is 17.6 Å². The van der Waals surface area contributed by atoms with Gasteiger partial charge in [-0.3, -0.25) is 4.79 Å². The Morgan fingerprint density at radius 2 is 1.85 bits per heavy atom. The normalized spacial score (nSPS) is 10.8. The lowest BCUT2D eigenvalue weighted by molar-refractivity contribution is 0.102. The molecular formula is C18H13Cl3N2O2S. The summed E-state index contributed by atoms with van der Waals surface area (Å²) >= 11 is 19.5. The molecule has 0 saturated heterocycles. The molecule has 1 N–H and O–H groups in total. The van der Waals surface area contributed by atoms with Gasteiger partial charge < -0.3 is 9.84 Å². The monoisotopic (exact) mass is 426 g/mol. The van der Waals surface area contributed by atoms with Crippen LogP contribution in [0.5, 0.6) is 0 Å². The van der Waals surface area contributed by atoms with Crippen molar-refractivity contribution < 1.29 is 9.32 Å². The van der Waals surface area contributed by atoms with Crippen molar-refractivity contribution in [1.82, 2.24) is 5.16 Å². The second kappa shape index (κ2) is 8.35. The largest absolute Gasteiger partial charge is 0.360 e. The van der Waals surface area contributed by atoms with Gasteiger partial charge in [0.2, 0.25) is 0 Å². The summed E-state index contributed by atoms with van der Waals surface area (Å²) < 4.78 is 5.21. The maximum atomic E-state index is 12.7. The first-order valence-corrected chi connectivity index (χ1v) is 9.66. The number of carbonyl (C=O) groups is 1. The zero-order valence-electron chi connectivity index (χ0n) is 13.6. The molecule has 1 heterocycles. The summed E-state index contributed by atoms with van der Waals surface area (Å²) in [6, 6.07) is 12.2. The molecule has 3 aromatic rings. The first-order chi connectivity index (χ1) is 12.4. The molecule has 0 aliphatic rings. The molecule has 1 amide bonds. The Balaban J connectivity index is 1.78. The fourth-order valence-electron chi connectivity index (χ4n) is 2.22. The summed E-state index contributed by atoms with van der Waals surface area (Å²) in [4.78, 5) is 13.5. The van der Waals surface area contributed by atoms with Gasteiger partial charge in [-0.05, 0) is 31.2 Å². The minimum absolute atomic E-state index is 0.290. The van der Waals surface area contributed by atoms with E-state index in [1.54, 1.807) is 12.1 Å². The molecule has 0 atom stereocenters. The molecule has 134 valence electrons. The molecule has 0 aliphatic heterocycles. The van der Waals surface area contributed by atoms with Crippen LogP contribution in [0.25, 0.3) is 0 Å². The quantitative estimate of drug-likeness (QED) is 0.373. The minimum atomic E-state index is -0.290. The fourth-order valence-corrected chi connectivity index (χ4v) is 3.74. The van der Waals surface area contributed by atoms with Crippen molar-refractivity contribution in [2.24, 2.45) is 0 Å². The number of amides is 1. The first kappa shape index (κ1) is 19.1. The molecule has 0 radical (unpaired) electrons. The van der Waals surface area contributed by atoms with Gasteiger partial charge in [0.05, 0.1) is 37.8 Å². The van der Waals surface area contributed by atoms with Gasteiger partial charge in [-0.1, -0.05) is 52.1 Å². The van der Waals surface area contributed by atoms with E-state index in [0.29, 0.717) is 32.1 Å². The maximum Gasteiger partial charge on any atom is 0.256 e. The molecule has 4 nitrogen and oxygen atoms in total. The van der Waals surface area contributed by atoms with Crippen molar-refractivity contribution in [3.8, 4) is 0 Å². The number of rotatable bonds is 5. The number of nitrogens with one attached hydrogen (secondary N) is 1. The Morgan fingerprint density at radius 3 is 2.58 bits per heavy atom. The third kappa shape index (κ3) is 4.54. The van der Waals surface area contributed by atoms with Crippen LogP contribution >= 0.6 is 46.6 Å². The van der Waals surface area contributed by atoms with Gasteiger partial charge in [0.25, 0.3) is 5.91 Å². The van der Waals surface area contributed by atoms with E-state index < -0.39 is 0 Å². The molecule has 0 saturated carbocycles. The highest BCUT2D eigenvalue weighted by Crippen LogP contribution is 2.33. The number of aromatic nitrogens is 1. The SMILES string of the molecule is Cc1cc(CSc2ccccc2C(=O)Nc2cc(Cl)c(Cl)cc2Cl)on1. The average molecular weight is 428 g/mol. The fraction of sp³-hybridized carbons (Fsp3) is 0.111. The smallest absolute Gasteiger partial charge is 0.256 e. The predicted molar refractivity (Wildman–Crippen MR) is 107 cm³/mol. The van der Waals surface area contributed by atoms with Gasteiger partial charge >= 0.3 is 0 Å². The Hall–Kier alpha value is -1.66. The van der Waals surface area contributed by atoms with Crippen LogP contribution in [-0.4, -0.2) is 11.1 Å². The van der Waals surface area contributed by atoms with Gasteiger partial charge in [0, 0.05) is 11.0 Å². The van der Waals surface area contributed by atoms with Crippen molar-refractivity contribution in [2.75, 3.05) is 5.32 Å². The van der Waals surface area contributed by atoms with E-state index in [1.807, 2.05) is 25.1 Å². The van der Waals surface area contributed by atoms with Crippen LogP contribution in [0.15, 0.2) is 51.9 Å². The second-order valence-corrected chi connectivity index (χ2v) is 7.66. The number of halogens is 3. The van der Waals surface area contributed by atoms with Crippen molar-refractivity contribution in [3.05, 3.63) is 74.6 Å². The molecule has 26 heavy (non-hydrogen) atoms. The van der Waals surface area contributed by atoms with Gasteiger partial charge in [0.1, 0.15) is 5.76 Å². The number of thioether (sulfide) groups is 1. The molecule has 0 bridgehead atoms. The number of aryl methyl sites for hydroxylation is 1. The standard InChI is InChI=1S/C18H13Cl3N2O2S/c1-10-6-11(25-23-10)9-26-17-5-3-2-4-12(17)18(24)22-16-8-14(20)13(19)7-15(16)21/h2-8H,9H2,1H3,(H,22,24). The number of hydrogen-bond acceptors (Lipinski definition) is 4. The summed E-state index contributed by atoms with van der Waals surface area (Å²) in [7, 11) is 0. The van der Waals surface area contributed by atoms with Crippen molar-refractivity contribution >= 4 is 58.2 Å². The number of hydrogen-bond donors (Lipinski definition) is 1. The lowest BCUT2D eigenvalue weighted by Gasteiger charge is -2.11. The molecule has 0 spiro atoms. The molecule has 3 rings (SSSR count). The van der Waals surface area contributed by atoms with Gasteiger partial charge in [0.15, 0.2) is 0 Å². The first-order valence-electron chi connectivity index (χ1n) is 7.54. The summed E-state index contributed by atoms with van der Waals surface area (Å²) in [5, 5.41) is 7.59. The second-order valence-electron chi connectivity index (χ2n) is 5.42. The summed E-state index contributed by atoms with van der Waals surface area (Å²) in [6.45, 7) is 1.86. The van der Waals surface area contributed by atoms with Crippen LogP contribution < -0.4 is 5.32 Å². The van der Waals surface area contributed by atoms with Gasteiger partial charge in [-0.2, -0.15) is 0 Å². The van der Waals surface area contributed by atoms with Crippen LogP contribution in [-0.2, 0) is 5.75 Å². The van der Waals surface area contributed by atoms with E-state index in [-0.39, 0.29) is 5.91 Å². The summed E-state index contributed by atoms with van der Waals surface area (Å²) in [6.07, 6.45) is 0. The Labute approximate surface area is 169 Å². The molecule has 0 aliphatic carbocycles. The number of anilines is 1. The van der Waals surface area contributed by atoms with Gasteiger partial charge in [-0.25, -0.2) is 0 Å². The predicted octanol–water partition coefficient (Wildman–Crippen LogP) is 6.49. The van der Waals surface area contributed by atoms with Crippen molar-refractivity contribution in [1.29, 1.82) is 0 Å². The van der Waals surface area contributed by atoms with Crippen LogP contribution in [0.4, 0.5) is 5.69 Å². The maximum absolute atomic E-state index is 12.7. The van der Waals surface area contributed by atoms with Crippen LogP contribution in [0.3, 0.4) is 0 Å². The van der Waals surface area contributed by atoms with E-state index in [0.717, 1.165) is 16.3 Å². The van der Waals surface area contributed by atoms with Crippen molar-refractivity contribution in [3.63, 3.8) is 0 Å². The number of carbonyl (C=O) groups excluding carboxylic acids is 1. The van der Waals surface area contributed by atoms with Crippen LogP contribution in [0, 0.1) is 6.92 Å². The zero-order valence-corrected chi connectivity index (χ0v) is 16.6. The van der Waals surface area contributed by atoms with E-state index in [9.17, 15) is 4.79 Å². The third-order valence-electron chi connectivity index (χ3n) is 3.44. The third-order valence-corrected chi connectivity index (χ3v) is 5.57. The molecule has 0 fully saturated rings. The molecule has 8 heteroatoms. The highest BCUT2D eigenvalue weighted by atomic mass is 35.5. The van der Waals surface area contributed by atoms with E-state index in [4.69, 9.17) is 39.3 Å². The van der Waals surface area contributed by atoms with E-state index in [2.05, 4.69) is 10.5 Å². The van der Waals surface area contributed by atoms with Gasteiger partial charge in [-0.15, -0.1) is 11.8 Å². The van der Waals surface area contributed by atoms with E-state index >= 15 is 0 Å². The molecular weight excluding hydrogens is 415 g/mol. The molecule has 0 unspecified atom stereocenters. The topological polar surface area (TPSA) is 55.1 Å². The minimum Gasteiger partial charge on any atom is -0.360 e. The molecule has 1 aromatic heterocycles. The lowest BCUT2D eigenvalue weighted by atomic mass is 10.2. The Kier molecular flexibility index (Phi) is 6.14. The highest BCUT2D eigenvalue weighted by Gasteiger charge is 2.15.